The van der Waals surface area contributed by atoms with Crippen molar-refractivity contribution in [3.8, 4) is 0 Å². The van der Waals surface area contributed by atoms with Crippen LogP contribution in [0, 0.1) is 19.8 Å². The fourth-order valence-electron chi connectivity index (χ4n) is 3.55. The van der Waals surface area contributed by atoms with Gasteiger partial charge in [-0.1, -0.05) is 6.07 Å². The van der Waals surface area contributed by atoms with Crippen LogP contribution in [0.5, 0.6) is 0 Å². The lowest BCUT2D eigenvalue weighted by Crippen LogP contribution is -2.41. The summed E-state index contributed by atoms with van der Waals surface area (Å²) in [5.41, 5.74) is 3.02. The number of nitrogens with one attached hydrogen (secondary N) is 1. The molecule has 0 spiro atoms. The Morgan fingerprint density at radius 3 is 2.85 bits per heavy atom. The van der Waals surface area contributed by atoms with E-state index < -0.39 is 0 Å². The van der Waals surface area contributed by atoms with E-state index in [0.29, 0.717) is 13.0 Å². The quantitative estimate of drug-likeness (QED) is 0.769. The van der Waals surface area contributed by atoms with Crippen LogP contribution in [0.1, 0.15) is 23.5 Å². The average Bonchev–Trinajstić information content (AvgIpc) is 3.15. The van der Waals surface area contributed by atoms with Gasteiger partial charge in [-0.15, -0.1) is 0 Å². The number of likely N-dealkylation sites (tertiary alicyclic amines) is 1. The fraction of sp³-hybridized carbons (Fsp3) is 0.526. The van der Waals surface area contributed by atoms with Crippen molar-refractivity contribution in [3.63, 3.8) is 0 Å². The second-order valence-electron chi connectivity index (χ2n) is 7.03. The molecule has 1 aliphatic rings. The fourth-order valence-corrected chi connectivity index (χ4v) is 3.55. The van der Waals surface area contributed by atoms with Crippen molar-refractivity contribution in [2.75, 3.05) is 19.7 Å². The first-order valence-electron chi connectivity index (χ1n) is 9.08. The highest BCUT2D eigenvalue weighted by Crippen LogP contribution is 2.19. The zero-order valence-corrected chi connectivity index (χ0v) is 15.4. The first-order chi connectivity index (χ1) is 12.5. The molecule has 0 unspecified atom stereocenters. The molecule has 0 radical (unpaired) electrons. The Bertz CT molecular complexity index is 731. The molecule has 0 aliphatic carbocycles. The lowest BCUT2D eigenvalue weighted by molar-refractivity contribution is -0.122. The highest BCUT2D eigenvalue weighted by molar-refractivity contribution is 5.76. The van der Waals surface area contributed by atoms with Crippen LogP contribution in [0.15, 0.2) is 30.5 Å². The van der Waals surface area contributed by atoms with E-state index in [4.69, 9.17) is 0 Å². The van der Waals surface area contributed by atoms with E-state index in [2.05, 4.69) is 20.3 Å². The van der Waals surface area contributed by atoms with Gasteiger partial charge in [0.1, 0.15) is 0 Å². The molecule has 2 N–H and O–H groups in total. The van der Waals surface area contributed by atoms with Crippen molar-refractivity contribution in [2.24, 2.45) is 5.92 Å². The summed E-state index contributed by atoms with van der Waals surface area (Å²) in [5.74, 6) is 0.0528. The van der Waals surface area contributed by atoms with E-state index in [-0.39, 0.29) is 24.5 Å². The van der Waals surface area contributed by atoms with Gasteiger partial charge in [-0.05, 0) is 32.0 Å². The van der Waals surface area contributed by atoms with Crippen LogP contribution in [0.25, 0.3) is 0 Å². The van der Waals surface area contributed by atoms with Crippen molar-refractivity contribution in [1.82, 2.24) is 25.0 Å². The van der Waals surface area contributed by atoms with Crippen LogP contribution >= 0.6 is 0 Å². The van der Waals surface area contributed by atoms with E-state index in [0.717, 1.165) is 36.7 Å². The Balaban J connectivity index is 1.51. The lowest BCUT2D eigenvalue weighted by Gasteiger charge is -2.18. The SMILES string of the molecule is Cc1cc(C)n(CCC(=O)N[C@@H]2CN(Cc3ccccn3)C[C@H]2CO)n1. The highest BCUT2D eigenvalue weighted by atomic mass is 16.3. The first kappa shape index (κ1) is 18.5. The summed E-state index contributed by atoms with van der Waals surface area (Å²) in [6.45, 7) is 6.80. The number of pyridine rings is 1. The monoisotopic (exact) mass is 357 g/mol. The normalized spacial score (nSPS) is 20.4. The van der Waals surface area contributed by atoms with Crippen molar-refractivity contribution in [1.29, 1.82) is 0 Å². The van der Waals surface area contributed by atoms with Crippen LogP contribution in [-0.4, -0.2) is 56.4 Å². The van der Waals surface area contributed by atoms with Gasteiger partial charge in [0.05, 0.1) is 11.4 Å². The van der Waals surface area contributed by atoms with Gasteiger partial charge in [0.2, 0.25) is 5.91 Å². The topological polar surface area (TPSA) is 83.3 Å². The van der Waals surface area contributed by atoms with E-state index in [1.807, 2.05) is 42.8 Å². The molecule has 7 nitrogen and oxygen atoms in total. The number of aliphatic hydroxyl groups is 1. The van der Waals surface area contributed by atoms with Gasteiger partial charge >= 0.3 is 0 Å². The highest BCUT2D eigenvalue weighted by Gasteiger charge is 2.33. The maximum absolute atomic E-state index is 12.4. The summed E-state index contributed by atoms with van der Waals surface area (Å²) in [7, 11) is 0. The molecule has 1 saturated heterocycles. The number of aliphatic hydroxyl groups excluding tert-OH is 1. The Hall–Kier alpha value is -2.25. The molecule has 2 atom stereocenters. The van der Waals surface area contributed by atoms with Gasteiger partial charge in [0.25, 0.3) is 0 Å². The summed E-state index contributed by atoms with van der Waals surface area (Å²) in [6, 6.07) is 7.84. The maximum atomic E-state index is 12.4. The Morgan fingerprint density at radius 2 is 2.19 bits per heavy atom. The minimum absolute atomic E-state index is 0.000638. The van der Waals surface area contributed by atoms with Crippen LogP contribution in [0.2, 0.25) is 0 Å². The van der Waals surface area contributed by atoms with Gasteiger partial charge < -0.3 is 10.4 Å². The zero-order valence-electron chi connectivity index (χ0n) is 15.4. The molecule has 7 heteroatoms. The number of carbonyl (C=O) groups excluding carboxylic acids is 1. The summed E-state index contributed by atoms with van der Waals surface area (Å²) < 4.78 is 1.86. The third kappa shape index (κ3) is 4.68. The van der Waals surface area contributed by atoms with Crippen LogP contribution in [-0.2, 0) is 17.9 Å². The third-order valence-electron chi connectivity index (χ3n) is 4.86. The van der Waals surface area contributed by atoms with E-state index in [1.54, 1.807) is 6.20 Å². The van der Waals surface area contributed by atoms with Gasteiger partial charge in [0.15, 0.2) is 0 Å². The van der Waals surface area contributed by atoms with Gasteiger partial charge in [0, 0.05) is 63.1 Å². The molecule has 3 heterocycles. The molecular formula is C19H27N5O2. The third-order valence-corrected chi connectivity index (χ3v) is 4.86. The zero-order chi connectivity index (χ0) is 18.5. The summed E-state index contributed by atoms with van der Waals surface area (Å²) in [4.78, 5) is 18.9. The van der Waals surface area contributed by atoms with Crippen LogP contribution in [0.3, 0.4) is 0 Å². The second-order valence-corrected chi connectivity index (χ2v) is 7.03. The number of hydrogen-bond donors (Lipinski definition) is 2. The van der Waals surface area contributed by atoms with Crippen LogP contribution in [0.4, 0.5) is 0 Å². The van der Waals surface area contributed by atoms with Gasteiger partial charge in [-0.2, -0.15) is 5.10 Å². The molecule has 0 bridgehead atoms. The number of amides is 1. The first-order valence-corrected chi connectivity index (χ1v) is 9.08. The lowest BCUT2D eigenvalue weighted by atomic mass is 10.1. The number of aromatic nitrogens is 3. The molecule has 0 saturated carbocycles. The molecular weight excluding hydrogens is 330 g/mol. The average molecular weight is 357 g/mol. The predicted molar refractivity (Wildman–Crippen MR) is 98.3 cm³/mol. The second kappa shape index (κ2) is 8.42. The van der Waals surface area contributed by atoms with Crippen molar-refractivity contribution >= 4 is 5.91 Å². The molecule has 1 fully saturated rings. The Labute approximate surface area is 154 Å². The van der Waals surface area contributed by atoms with E-state index >= 15 is 0 Å². The molecule has 1 amide bonds. The van der Waals surface area contributed by atoms with E-state index in [9.17, 15) is 9.90 Å². The minimum Gasteiger partial charge on any atom is -0.396 e. The molecule has 140 valence electrons. The van der Waals surface area contributed by atoms with Crippen molar-refractivity contribution in [3.05, 3.63) is 47.5 Å². The summed E-state index contributed by atoms with van der Waals surface area (Å²) in [6.07, 6.45) is 2.17. The molecule has 1 aliphatic heterocycles. The van der Waals surface area contributed by atoms with E-state index in [1.165, 1.54) is 0 Å². The largest absolute Gasteiger partial charge is 0.396 e. The van der Waals surface area contributed by atoms with Gasteiger partial charge in [-0.3, -0.25) is 19.4 Å². The number of hydrogen-bond acceptors (Lipinski definition) is 5. The number of nitrogens with zero attached hydrogens (tertiary/aromatic N) is 4. The van der Waals surface area contributed by atoms with Crippen LogP contribution < -0.4 is 5.32 Å². The minimum atomic E-state index is -0.0309. The smallest absolute Gasteiger partial charge is 0.222 e. The van der Waals surface area contributed by atoms with Gasteiger partial charge in [-0.25, -0.2) is 0 Å². The predicted octanol–water partition coefficient (Wildman–Crippen LogP) is 0.894. The molecule has 2 aromatic rings. The molecule has 26 heavy (non-hydrogen) atoms. The molecule has 0 aromatic carbocycles. The molecule has 3 rings (SSSR count). The standard InChI is InChI=1S/C19H27N5O2/c1-14-9-15(2)24(22-14)8-6-19(26)21-18-12-23(10-16(18)13-25)11-17-5-3-4-7-20-17/h3-5,7,9,16,18,25H,6,8,10-13H2,1-2H3,(H,21,26)/t16-,18+/m0/s1. The molecule has 2 aromatic heterocycles. The van der Waals surface area contributed by atoms with Crippen molar-refractivity contribution < 1.29 is 9.90 Å². The Kier molecular flexibility index (Phi) is 6.00. The maximum Gasteiger partial charge on any atom is 0.222 e. The number of rotatable bonds is 7. The number of aryl methyl sites for hydroxylation is 3. The summed E-state index contributed by atoms with van der Waals surface area (Å²) in [5, 5.41) is 17.1. The van der Waals surface area contributed by atoms with Crippen molar-refractivity contribution in [2.45, 2.75) is 39.4 Å². The Morgan fingerprint density at radius 1 is 1.35 bits per heavy atom. The summed E-state index contributed by atoms with van der Waals surface area (Å²) >= 11 is 0. The number of carbonyl (C=O) groups is 1.